The van der Waals surface area contributed by atoms with Crippen LogP contribution < -0.4 is 0 Å². The Morgan fingerprint density at radius 2 is 2.06 bits per heavy atom. The Labute approximate surface area is 112 Å². The minimum Gasteiger partial charge on any atom is -0.480 e. The minimum atomic E-state index is -0.900. The molecule has 0 radical (unpaired) electrons. The normalized spacial score (nSPS) is 24.5. The van der Waals surface area contributed by atoms with Gasteiger partial charge in [0, 0.05) is 19.3 Å². The van der Waals surface area contributed by atoms with Crippen molar-refractivity contribution in [2.24, 2.45) is 5.92 Å². The van der Waals surface area contributed by atoms with Crippen LogP contribution in [-0.2, 0) is 4.79 Å². The molecule has 2 fully saturated rings. The minimum absolute atomic E-state index is 0.140. The smallest absolute Gasteiger partial charge is 0.327 e. The first-order valence-corrected chi connectivity index (χ1v) is 7.57. The number of carboxylic acids is 1. The van der Waals surface area contributed by atoms with Crippen LogP contribution in [0.2, 0.25) is 0 Å². The van der Waals surface area contributed by atoms with Crippen LogP contribution in [0.25, 0.3) is 0 Å². The van der Waals surface area contributed by atoms with E-state index in [1.807, 2.05) is 0 Å². The average molecular weight is 272 g/mol. The first kappa shape index (κ1) is 13.5. The summed E-state index contributed by atoms with van der Waals surface area (Å²) in [5, 5.41) is 9.07. The van der Waals surface area contributed by atoms with Crippen LogP contribution in [-0.4, -0.2) is 58.2 Å². The van der Waals surface area contributed by atoms with Crippen molar-refractivity contribution in [1.29, 1.82) is 0 Å². The Kier molecular flexibility index (Phi) is 4.37. The molecule has 0 spiro atoms. The number of rotatable bonds is 3. The van der Waals surface area contributed by atoms with Crippen LogP contribution in [0, 0.1) is 5.92 Å². The van der Waals surface area contributed by atoms with E-state index in [0.29, 0.717) is 17.5 Å². The highest BCUT2D eigenvalue weighted by Gasteiger charge is 2.36. The molecule has 1 saturated heterocycles. The van der Waals surface area contributed by atoms with Crippen molar-refractivity contribution >= 4 is 23.8 Å². The fourth-order valence-corrected chi connectivity index (χ4v) is 3.85. The molecule has 5 nitrogen and oxygen atoms in total. The Morgan fingerprint density at radius 3 is 2.67 bits per heavy atom. The number of urea groups is 1. The van der Waals surface area contributed by atoms with E-state index < -0.39 is 12.0 Å². The van der Waals surface area contributed by atoms with Crippen molar-refractivity contribution in [3.63, 3.8) is 0 Å². The molecule has 18 heavy (non-hydrogen) atoms. The van der Waals surface area contributed by atoms with Gasteiger partial charge in [-0.25, -0.2) is 9.59 Å². The largest absolute Gasteiger partial charge is 0.480 e. The quantitative estimate of drug-likeness (QED) is 0.849. The van der Waals surface area contributed by atoms with Crippen molar-refractivity contribution in [3.8, 4) is 0 Å². The predicted molar refractivity (Wildman–Crippen MR) is 70.6 cm³/mol. The van der Waals surface area contributed by atoms with Crippen molar-refractivity contribution in [3.05, 3.63) is 0 Å². The molecule has 1 saturated carbocycles. The summed E-state index contributed by atoms with van der Waals surface area (Å²) in [4.78, 5) is 26.4. The Morgan fingerprint density at radius 1 is 1.39 bits per heavy atom. The number of carboxylic acid groups (broad SMARTS) is 1. The second kappa shape index (κ2) is 5.82. The summed E-state index contributed by atoms with van der Waals surface area (Å²) in [6, 6.07) is -0.798. The predicted octanol–water partition coefficient (Wildman–Crippen LogP) is 1.69. The van der Waals surface area contributed by atoms with E-state index in [2.05, 4.69) is 0 Å². The van der Waals surface area contributed by atoms with Crippen LogP contribution in [0.4, 0.5) is 4.79 Å². The lowest BCUT2D eigenvalue weighted by atomic mass is 10.1. The lowest BCUT2D eigenvalue weighted by Crippen LogP contribution is -2.48. The first-order valence-electron chi connectivity index (χ1n) is 6.42. The third-order valence-electron chi connectivity index (χ3n) is 3.75. The van der Waals surface area contributed by atoms with E-state index in [1.54, 1.807) is 11.9 Å². The van der Waals surface area contributed by atoms with Gasteiger partial charge in [-0.2, -0.15) is 0 Å². The molecule has 102 valence electrons. The maximum atomic E-state index is 12.2. The summed E-state index contributed by atoms with van der Waals surface area (Å²) in [6.45, 7) is 0.756. The number of carbonyl (C=O) groups is 2. The van der Waals surface area contributed by atoms with Gasteiger partial charge in [0.2, 0.25) is 0 Å². The molecule has 1 heterocycles. The van der Waals surface area contributed by atoms with Crippen LogP contribution in [0.3, 0.4) is 0 Å². The Balaban J connectivity index is 1.90. The molecule has 0 aromatic heterocycles. The molecular weight excluding hydrogens is 252 g/mol. The number of aliphatic carboxylic acids is 1. The van der Waals surface area contributed by atoms with Gasteiger partial charge in [0.25, 0.3) is 0 Å². The van der Waals surface area contributed by atoms with E-state index in [4.69, 9.17) is 5.11 Å². The molecule has 0 unspecified atom stereocenters. The van der Waals surface area contributed by atoms with Gasteiger partial charge in [-0.3, -0.25) is 0 Å². The van der Waals surface area contributed by atoms with Crippen LogP contribution in [0.15, 0.2) is 0 Å². The molecule has 2 aliphatic rings. The van der Waals surface area contributed by atoms with Gasteiger partial charge in [-0.15, -0.1) is 11.8 Å². The lowest BCUT2D eigenvalue weighted by molar-refractivity contribution is -0.140. The van der Waals surface area contributed by atoms with Crippen LogP contribution >= 0.6 is 11.8 Å². The van der Waals surface area contributed by atoms with Crippen molar-refractivity contribution < 1.29 is 14.7 Å². The standard InChI is InChI=1S/C12H20N2O3S/c1-13(6-9-4-2-3-5-9)12(17)14-8-18-7-10(14)11(15)16/h9-10H,2-8H2,1H3,(H,15,16)/t10-/m0/s1. The highest BCUT2D eigenvalue weighted by Crippen LogP contribution is 2.27. The topological polar surface area (TPSA) is 60.9 Å². The monoisotopic (exact) mass is 272 g/mol. The van der Waals surface area contributed by atoms with Gasteiger partial charge in [0.15, 0.2) is 0 Å². The second-order valence-electron chi connectivity index (χ2n) is 5.14. The molecule has 2 amide bonds. The number of amides is 2. The maximum Gasteiger partial charge on any atom is 0.327 e. The van der Waals surface area contributed by atoms with E-state index in [9.17, 15) is 9.59 Å². The van der Waals surface area contributed by atoms with E-state index in [1.165, 1.54) is 42.3 Å². The fraction of sp³-hybridized carbons (Fsp3) is 0.833. The van der Waals surface area contributed by atoms with Crippen LogP contribution in [0.1, 0.15) is 25.7 Å². The van der Waals surface area contributed by atoms with Crippen molar-refractivity contribution in [2.75, 3.05) is 25.2 Å². The summed E-state index contributed by atoms with van der Waals surface area (Å²) in [7, 11) is 1.78. The highest BCUT2D eigenvalue weighted by molar-refractivity contribution is 7.99. The molecule has 1 N–H and O–H groups in total. The molecule has 0 bridgehead atoms. The van der Waals surface area contributed by atoms with Gasteiger partial charge in [0.05, 0.1) is 5.88 Å². The molecule has 1 aliphatic heterocycles. The highest BCUT2D eigenvalue weighted by atomic mass is 32.2. The Hall–Kier alpha value is -0.910. The SMILES string of the molecule is CN(CC1CCCC1)C(=O)N1CSC[C@H]1C(=O)O. The van der Waals surface area contributed by atoms with E-state index in [0.717, 1.165) is 6.54 Å². The molecule has 0 aromatic rings. The van der Waals surface area contributed by atoms with Crippen molar-refractivity contribution in [1.82, 2.24) is 9.80 Å². The third kappa shape index (κ3) is 2.91. The number of hydrogen-bond acceptors (Lipinski definition) is 3. The third-order valence-corrected chi connectivity index (χ3v) is 4.76. The molecule has 1 atom stereocenters. The zero-order chi connectivity index (χ0) is 13.1. The number of thioether (sulfide) groups is 1. The molecule has 1 aliphatic carbocycles. The summed E-state index contributed by atoms with van der Waals surface area (Å²) in [6.07, 6.45) is 4.89. The summed E-state index contributed by atoms with van der Waals surface area (Å²) in [5.74, 6) is 0.684. The summed E-state index contributed by atoms with van der Waals surface area (Å²) < 4.78 is 0. The van der Waals surface area contributed by atoms with Gasteiger partial charge >= 0.3 is 12.0 Å². The fourth-order valence-electron chi connectivity index (χ4n) is 2.71. The number of nitrogens with zero attached hydrogens (tertiary/aromatic N) is 2. The second-order valence-corrected chi connectivity index (χ2v) is 6.14. The van der Waals surface area contributed by atoms with E-state index >= 15 is 0 Å². The van der Waals surface area contributed by atoms with Crippen LogP contribution in [0.5, 0.6) is 0 Å². The first-order chi connectivity index (χ1) is 8.59. The number of hydrogen-bond donors (Lipinski definition) is 1. The van der Waals surface area contributed by atoms with Crippen molar-refractivity contribution in [2.45, 2.75) is 31.7 Å². The number of carbonyl (C=O) groups excluding carboxylic acids is 1. The molecule has 0 aromatic carbocycles. The molecule has 6 heteroatoms. The maximum absolute atomic E-state index is 12.2. The molecular formula is C12H20N2O3S. The van der Waals surface area contributed by atoms with Gasteiger partial charge in [-0.05, 0) is 18.8 Å². The van der Waals surface area contributed by atoms with E-state index in [-0.39, 0.29) is 6.03 Å². The zero-order valence-corrected chi connectivity index (χ0v) is 11.5. The lowest BCUT2D eigenvalue weighted by Gasteiger charge is -2.28. The van der Waals surface area contributed by atoms with Gasteiger partial charge < -0.3 is 14.9 Å². The zero-order valence-electron chi connectivity index (χ0n) is 10.7. The van der Waals surface area contributed by atoms with Gasteiger partial charge in [0.1, 0.15) is 6.04 Å². The molecule has 2 rings (SSSR count). The Bertz CT molecular complexity index is 331. The average Bonchev–Trinajstić information content (AvgIpc) is 2.97. The summed E-state index contributed by atoms with van der Waals surface area (Å²) >= 11 is 1.50. The summed E-state index contributed by atoms with van der Waals surface area (Å²) in [5.41, 5.74) is 0. The van der Waals surface area contributed by atoms with Gasteiger partial charge in [-0.1, -0.05) is 12.8 Å².